The van der Waals surface area contributed by atoms with Gasteiger partial charge in [0.15, 0.2) is 0 Å². The van der Waals surface area contributed by atoms with Crippen LogP contribution in [0.3, 0.4) is 0 Å². The van der Waals surface area contributed by atoms with Crippen LogP contribution in [0.2, 0.25) is 0 Å². The second-order valence-electron chi connectivity index (χ2n) is 11.7. The zero-order chi connectivity index (χ0) is 21.1. The predicted octanol–water partition coefficient (Wildman–Crippen LogP) is 4.18. The quantitative estimate of drug-likeness (QED) is 0.593. The Bertz CT molecular complexity index is 667. The number of carbonyl (C=O) groups excluding carboxylic acids is 1. The monoisotopic (exact) mass is 481 g/mol. The minimum Gasteiger partial charge on any atom is -0.393 e. The number of alkyl halides is 1. The maximum absolute atomic E-state index is 12.7. The summed E-state index contributed by atoms with van der Waals surface area (Å²) in [4.78, 5) is 12.7. The van der Waals surface area contributed by atoms with Gasteiger partial charge in [0.1, 0.15) is 5.78 Å². The molecule has 0 spiro atoms. The van der Waals surface area contributed by atoms with Crippen LogP contribution in [0.4, 0.5) is 0 Å². The highest BCUT2D eigenvalue weighted by atomic mass is 79.9. The molecule has 0 amide bonds. The van der Waals surface area contributed by atoms with E-state index in [4.69, 9.17) is 4.74 Å². The molecule has 1 heterocycles. The SMILES string of the molecule is C[C@]12CC(C3COCCN3)[C@@H](O)C[C@@H]1CC[C@@H]1[C@@H]2CC[C@]2(C)[C@@H](C(=O)CBr)CC[C@@H]12. The fourth-order valence-electron chi connectivity index (χ4n) is 9.24. The highest BCUT2D eigenvalue weighted by molar-refractivity contribution is 9.09. The highest BCUT2D eigenvalue weighted by Crippen LogP contribution is 2.68. The lowest BCUT2D eigenvalue weighted by Gasteiger charge is -2.62. The van der Waals surface area contributed by atoms with Gasteiger partial charge in [0.2, 0.25) is 0 Å². The van der Waals surface area contributed by atoms with Gasteiger partial charge in [0.05, 0.1) is 24.6 Å². The number of ketones is 1. The molecular weight excluding hydrogens is 442 g/mol. The third kappa shape index (κ3) is 3.28. The van der Waals surface area contributed by atoms with E-state index in [0.717, 1.165) is 50.9 Å². The number of hydrogen-bond acceptors (Lipinski definition) is 4. The molecule has 30 heavy (non-hydrogen) atoms. The van der Waals surface area contributed by atoms with Gasteiger partial charge in [-0.3, -0.25) is 4.79 Å². The fourth-order valence-corrected chi connectivity index (χ4v) is 9.63. The van der Waals surface area contributed by atoms with E-state index >= 15 is 0 Å². The lowest BCUT2D eigenvalue weighted by Crippen LogP contribution is -2.59. The van der Waals surface area contributed by atoms with Crippen LogP contribution >= 0.6 is 15.9 Å². The van der Waals surface area contributed by atoms with Crippen molar-refractivity contribution in [2.24, 2.45) is 46.3 Å². The predicted molar refractivity (Wildman–Crippen MR) is 122 cm³/mol. The molecule has 5 aliphatic rings. The van der Waals surface area contributed by atoms with E-state index in [1.54, 1.807) is 0 Å². The summed E-state index contributed by atoms with van der Waals surface area (Å²) in [5.74, 6) is 3.89. The van der Waals surface area contributed by atoms with Crippen LogP contribution < -0.4 is 5.32 Å². The normalized spacial score (nSPS) is 53.5. The summed E-state index contributed by atoms with van der Waals surface area (Å²) >= 11 is 3.45. The van der Waals surface area contributed by atoms with E-state index in [-0.39, 0.29) is 17.4 Å². The molecular formula is C25H40BrNO3. The summed E-state index contributed by atoms with van der Waals surface area (Å²) in [5, 5.41) is 15.2. The number of fused-ring (bicyclic) bond motifs is 5. The Kier molecular flexibility index (Phi) is 5.91. The largest absolute Gasteiger partial charge is 0.393 e. The molecule has 10 atom stereocenters. The van der Waals surface area contributed by atoms with E-state index < -0.39 is 0 Å². The number of ether oxygens (including phenoxy) is 1. The molecule has 0 bridgehead atoms. The van der Waals surface area contributed by atoms with Gasteiger partial charge in [0.25, 0.3) is 0 Å². The van der Waals surface area contributed by atoms with Gasteiger partial charge in [-0.05, 0) is 85.9 Å². The number of aliphatic hydroxyl groups is 1. The van der Waals surface area contributed by atoms with Crippen LogP contribution in [-0.4, -0.2) is 48.1 Å². The summed E-state index contributed by atoms with van der Waals surface area (Å²) < 4.78 is 5.76. The fraction of sp³-hybridized carbons (Fsp3) is 0.960. The maximum Gasteiger partial charge on any atom is 0.147 e. The van der Waals surface area contributed by atoms with Crippen molar-refractivity contribution in [3.63, 3.8) is 0 Å². The Balaban J connectivity index is 1.39. The van der Waals surface area contributed by atoms with Crippen molar-refractivity contribution in [3.8, 4) is 0 Å². The third-order valence-corrected chi connectivity index (χ3v) is 11.3. The average Bonchev–Trinajstić information content (AvgIpc) is 3.11. The van der Waals surface area contributed by atoms with Gasteiger partial charge < -0.3 is 15.2 Å². The van der Waals surface area contributed by atoms with Crippen LogP contribution in [0.15, 0.2) is 0 Å². The third-order valence-electron chi connectivity index (χ3n) is 10.7. The van der Waals surface area contributed by atoms with Crippen LogP contribution in [-0.2, 0) is 9.53 Å². The number of nitrogens with one attached hydrogen (secondary N) is 1. The molecule has 0 aromatic heterocycles. The second-order valence-corrected chi connectivity index (χ2v) is 12.3. The zero-order valence-corrected chi connectivity index (χ0v) is 20.3. The lowest BCUT2D eigenvalue weighted by molar-refractivity contribution is -0.154. The minimum absolute atomic E-state index is 0.194. The molecule has 5 rings (SSSR count). The Labute approximate surface area is 190 Å². The number of halogens is 1. The minimum atomic E-state index is -0.194. The molecule has 0 aromatic carbocycles. The summed E-state index contributed by atoms with van der Waals surface area (Å²) in [6.45, 7) is 7.45. The summed E-state index contributed by atoms with van der Waals surface area (Å²) in [6.07, 6.45) is 9.30. The molecule has 0 aromatic rings. The van der Waals surface area contributed by atoms with Crippen molar-refractivity contribution in [1.29, 1.82) is 0 Å². The molecule has 2 unspecified atom stereocenters. The van der Waals surface area contributed by atoms with Crippen molar-refractivity contribution in [2.45, 2.75) is 77.4 Å². The van der Waals surface area contributed by atoms with Crippen LogP contribution in [0.25, 0.3) is 0 Å². The Morgan fingerprint density at radius 2 is 1.90 bits per heavy atom. The van der Waals surface area contributed by atoms with Crippen molar-refractivity contribution in [3.05, 3.63) is 0 Å². The molecule has 170 valence electrons. The van der Waals surface area contributed by atoms with E-state index in [1.807, 2.05) is 0 Å². The van der Waals surface area contributed by atoms with Gasteiger partial charge in [-0.15, -0.1) is 0 Å². The van der Waals surface area contributed by atoms with Crippen molar-refractivity contribution in [1.82, 2.24) is 5.32 Å². The van der Waals surface area contributed by atoms with E-state index in [9.17, 15) is 9.90 Å². The summed E-state index contributed by atoms with van der Waals surface area (Å²) in [7, 11) is 0. The van der Waals surface area contributed by atoms with Gasteiger partial charge in [0, 0.05) is 24.4 Å². The summed E-state index contributed by atoms with van der Waals surface area (Å²) in [6, 6.07) is 0.299. The van der Waals surface area contributed by atoms with Crippen molar-refractivity contribution in [2.75, 3.05) is 25.1 Å². The van der Waals surface area contributed by atoms with Crippen molar-refractivity contribution < 1.29 is 14.6 Å². The summed E-state index contributed by atoms with van der Waals surface area (Å²) in [5.41, 5.74) is 0.534. The van der Waals surface area contributed by atoms with Crippen LogP contribution in [0.5, 0.6) is 0 Å². The van der Waals surface area contributed by atoms with Gasteiger partial charge >= 0.3 is 0 Å². The first-order valence-corrected chi connectivity index (χ1v) is 13.6. The van der Waals surface area contributed by atoms with E-state index in [0.29, 0.717) is 40.3 Å². The maximum atomic E-state index is 12.7. The Morgan fingerprint density at radius 1 is 1.10 bits per heavy atom. The van der Waals surface area contributed by atoms with Crippen LogP contribution in [0.1, 0.15) is 65.2 Å². The molecule has 5 heteroatoms. The standard InChI is InChI=1S/C25H40BrNO3/c1-24-8-7-19-16(18(24)5-6-20(24)23(29)13-26)4-3-15-11-22(28)17(12-25(15,19)2)21-14-30-10-9-27-21/h15-22,27-28H,3-14H2,1-2H3/t15-,16-,17?,18-,19-,20+,21?,22-,24-,25-/m0/s1. The van der Waals surface area contributed by atoms with Gasteiger partial charge in [-0.25, -0.2) is 0 Å². The molecule has 1 saturated heterocycles. The number of Topliss-reactive ketones (excluding diaryl/α,β-unsaturated/α-hetero) is 1. The first-order chi connectivity index (χ1) is 14.4. The molecule has 0 radical (unpaired) electrons. The first-order valence-electron chi connectivity index (χ1n) is 12.5. The van der Waals surface area contributed by atoms with E-state index in [2.05, 4.69) is 35.1 Å². The molecule has 4 saturated carbocycles. The lowest BCUT2D eigenvalue weighted by atomic mass is 9.43. The second kappa shape index (κ2) is 8.11. The van der Waals surface area contributed by atoms with Gasteiger partial charge in [-0.2, -0.15) is 0 Å². The Morgan fingerprint density at radius 3 is 2.63 bits per heavy atom. The van der Waals surface area contributed by atoms with Crippen molar-refractivity contribution >= 4 is 21.7 Å². The first kappa shape index (κ1) is 21.9. The smallest absolute Gasteiger partial charge is 0.147 e. The topological polar surface area (TPSA) is 58.6 Å². The van der Waals surface area contributed by atoms with Gasteiger partial charge in [-0.1, -0.05) is 29.8 Å². The number of carbonyl (C=O) groups is 1. The number of hydrogen-bond donors (Lipinski definition) is 2. The molecule has 4 nitrogen and oxygen atoms in total. The highest BCUT2D eigenvalue weighted by Gasteiger charge is 2.62. The Hall–Kier alpha value is 0.0300. The van der Waals surface area contributed by atoms with Crippen LogP contribution in [0, 0.1) is 46.3 Å². The number of rotatable bonds is 3. The zero-order valence-electron chi connectivity index (χ0n) is 18.7. The van der Waals surface area contributed by atoms with E-state index in [1.165, 1.54) is 32.1 Å². The molecule has 4 aliphatic carbocycles. The molecule has 1 aliphatic heterocycles. The molecule has 2 N–H and O–H groups in total. The molecule has 5 fully saturated rings. The number of morpholine rings is 1. The number of aliphatic hydroxyl groups excluding tert-OH is 1. The average molecular weight is 483 g/mol.